The number of thiophene rings is 1. The number of benzene rings is 1. The molecule has 33 heavy (non-hydrogen) atoms. The van der Waals surface area contributed by atoms with Gasteiger partial charge in [-0.3, -0.25) is 9.59 Å². The van der Waals surface area contributed by atoms with Crippen molar-refractivity contribution in [2.45, 2.75) is 37.1 Å². The van der Waals surface area contributed by atoms with Crippen molar-refractivity contribution in [1.82, 2.24) is 14.5 Å². The van der Waals surface area contributed by atoms with E-state index in [0.717, 1.165) is 42.8 Å². The molecule has 1 aromatic heterocycles. The van der Waals surface area contributed by atoms with Crippen LogP contribution in [0.3, 0.4) is 0 Å². The fourth-order valence-electron chi connectivity index (χ4n) is 4.56. The number of carbonyl (C=O) groups is 2. The molecule has 2 aliphatic heterocycles. The van der Waals surface area contributed by atoms with E-state index in [-0.39, 0.29) is 27.5 Å². The number of piperidine rings is 1. The van der Waals surface area contributed by atoms with Gasteiger partial charge in [0, 0.05) is 26.2 Å². The topological polar surface area (TPSA) is 113 Å². The Bertz CT molecular complexity index is 1120. The Balaban J connectivity index is 1.33. The summed E-state index contributed by atoms with van der Waals surface area (Å²) in [6.45, 7) is 3.49. The maximum absolute atomic E-state index is 13.3. The lowest BCUT2D eigenvalue weighted by molar-refractivity contribution is -0.123. The smallest absolute Gasteiger partial charge is 0.262 e. The molecule has 1 saturated heterocycles. The molecule has 3 heterocycles. The molecule has 3 N–H and O–H groups in total. The second-order valence-electron chi connectivity index (χ2n) is 8.62. The number of primary amides is 1. The van der Waals surface area contributed by atoms with Crippen LogP contribution in [0.25, 0.3) is 0 Å². The average molecular weight is 491 g/mol. The first-order valence-electron chi connectivity index (χ1n) is 11.3. The molecular weight excluding hydrogens is 460 g/mol. The second-order valence-corrected chi connectivity index (χ2v) is 11.4. The van der Waals surface area contributed by atoms with Crippen molar-refractivity contribution in [2.24, 2.45) is 11.7 Å². The van der Waals surface area contributed by atoms with Crippen LogP contribution < -0.4 is 11.1 Å². The molecule has 1 fully saturated rings. The maximum Gasteiger partial charge on any atom is 0.262 e. The van der Waals surface area contributed by atoms with Crippen molar-refractivity contribution in [2.75, 3.05) is 32.7 Å². The first-order chi connectivity index (χ1) is 15.9. The number of nitrogens with one attached hydrogen (secondary N) is 1. The Morgan fingerprint density at radius 3 is 2.73 bits per heavy atom. The number of hydrogen-bond donors (Lipinski definition) is 2. The highest BCUT2D eigenvalue weighted by Gasteiger charge is 2.32. The molecule has 0 bridgehead atoms. The predicted molar refractivity (Wildman–Crippen MR) is 127 cm³/mol. The summed E-state index contributed by atoms with van der Waals surface area (Å²) in [7, 11) is -3.77. The first-order valence-corrected chi connectivity index (χ1v) is 13.6. The van der Waals surface area contributed by atoms with Crippen molar-refractivity contribution >= 4 is 33.2 Å². The fourth-order valence-corrected chi connectivity index (χ4v) is 7.29. The van der Waals surface area contributed by atoms with Gasteiger partial charge in [0.25, 0.3) is 5.91 Å². The normalized spacial score (nSPS) is 19.7. The average Bonchev–Trinajstić information content (AvgIpc) is 3.33. The molecule has 178 valence electrons. The number of nitrogens with zero attached hydrogens (tertiary/aromatic N) is 2. The maximum atomic E-state index is 13.3. The molecule has 2 amide bonds. The van der Waals surface area contributed by atoms with Crippen LogP contribution in [-0.4, -0.2) is 62.2 Å². The van der Waals surface area contributed by atoms with Crippen LogP contribution in [0.2, 0.25) is 0 Å². The number of hydrogen-bond acceptors (Lipinski definition) is 6. The monoisotopic (exact) mass is 490 g/mol. The largest absolute Gasteiger partial charge is 0.369 e. The van der Waals surface area contributed by atoms with E-state index >= 15 is 0 Å². The molecule has 8 nitrogen and oxygen atoms in total. The van der Waals surface area contributed by atoms with Crippen LogP contribution in [0.4, 0.5) is 0 Å². The van der Waals surface area contributed by atoms with Gasteiger partial charge in [0.2, 0.25) is 15.9 Å². The van der Waals surface area contributed by atoms with Gasteiger partial charge < -0.3 is 16.0 Å². The van der Waals surface area contributed by atoms with Crippen LogP contribution >= 0.6 is 11.3 Å². The van der Waals surface area contributed by atoms with Crippen LogP contribution in [0.5, 0.6) is 0 Å². The highest BCUT2D eigenvalue weighted by molar-refractivity contribution is 7.89. The van der Waals surface area contributed by atoms with Gasteiger partial charge in [0.05, 0.1) is 5.92 Å². The lowest BCUT2D eigenvalue weighted by Gasteiger charge is -2.31. The molecule has 10 heteroatoms. The summed E-state index contributed by atoms with van der Waals surface area (Å²) in [4.78, 5) is 26.7. The molecule has 2 aromatic rings. The molecular formula is C23H30N4O4S2. The van der Waals surface area contributed by atoms with Crippen LogP contribution in [0.15, 0.2) is 40.6 Å². The molecule has 0 radical (unpaired) electrons. The Kier molecular flexibility index (Phi) is 7.48. The number of likely N-dealkylation sites (tertiary alicyclic amines) is 1. The highest BCUT2D eigenvalue weighted by Crippen LogP contribution is 2.29. The lowest BCUT2D eigenvalue weighted by Crippen LogP contribution is -2.42. The Morgan fingerprint density at radius 1 is 1.15 bits per heavy atom. The van der Waals surface area contributed by atoms with Gasteiger partial charge >= 0.3 is 0 Å². The fraction of sp³-hybridized carbons (Fsp3) is 0.478. The van der Waals surface area contributed by atoms with Crippen LogP contribution in [-0.2, 0) is 27.8 Å². The zero-order chi connectivity index (χ0) is 23.4. The third kappa shape index (κ3) is 5.46. The van der Waals surface area contributed by atoms with Crippen molar-refractivity contribution in [3.05, 3.63) is 51.7 Å². The molecule has 1 unspecified atom stereocenters. The summed E-state index contributed by atoms with van der Waals surface area (Å²) < 4.78 is 28.1. The van der Waals surface area contributed by atoms with E-state index < -0.39 is 10.0 Å². The van der Waals surface area contributed by atoms with Gasteiger partial charge in [-0.2, -0.15) is 4.31 Å². The predicted octanol–water partition coefficient (Wildman–Crippen LogP) is 1.81. The number of fused-ring (bicyclic) bond motifs is 1. The number of sulfonamides is 1. The Hall–Kier alpha value is -2.27. The van der Waals surface area contributed by atoms with E-state index in [1.807, 2.05) is 24.3 Å². The summed E-state index contributed by atoms with van der Waals surface area (Å²) in [5.74, 6) is -0.722. The minimum Gasteiger partial charge on any atom is -0.369 e. The first kappa shape index (κ1) is 23.9. The molecule has 1 atom stereocenters. The zero-order valence-corrected chi connectivity index (χ0v) is 20.2. The van der Waals surface area contributed by atoms with Gasteiger partial charge in [-0.15, -0.1) is 11.3 Å². The zero-order valence-electron chi connectivity index (χ0n) is 18.5. The number of nitrogens with two attached hydrogens (primary N) is 1. The summed E-state index contributed by atoms with van der Waals surface area (Å²) in [5.41, 5.74) is 7.60. The van der Waals surface area contributed by atoms with Crippen LogP contribution in [0, 0.1) is 5.92 Å². The number of carbonyl (C=O) groups excluding carboxylic acids is 2. The lowest BCUT2D eigenvalue weighted by atomic mass is 9.97. The van der Waals surface area contributed by atoms with E-state index in [4.69, 9.17) is 5.73 Å². The van der Waals surface area contributed by atoms with Gasteiger partial charge in [-0.25, -0.2) is 8.42 Å². The van der Waals surface area contributed by atoms with Gasteiger partial charge in [-0.05, 0) is 61.3 Å². The summed E-state index contributed by atoms with van der Waals surface area (Å²) in [6, 6.07) is 9.38. The second kappa shape index (κ2) is 10.3. The van der Waals surface area contributed by atoms with Crippen molar-refractivity contribution < 1.29 is 18.0 Å². The van der Waals surface area contributed by atoms with E-state index in [1.54, 1.807) is 5.38 Å². The molecule has 1 aromatic carbocycles. The van der Waals surface area contributed by atoms with E-state index in [9.17, 15) is 18.0 Å². The third-order valence-electron chi connectivity index (χ3n) is 6.39. The minimum atomic E-state index is -3.77. The highest BCUT2D eigenvalue weighted by atomic mass is 32.2. The van der Waals surface area contributed by atoms with Crippen molar-refractivity contribution in [1.29, 1.82) is 0 Å². The van der Waals surface area contributed by atoms with E-state index in [1.165, 1.54) is 15.9 Å². The van der Waals surface area contributed by atoms with Gasteiger partial charge in [0.1, 0.15) is 9.77 Å². The van der Waals surface area contributed by atoms with Crippen LogP contribution in [0.1, 0.15) is 40.1 Å². The van der Waals surface area contributed by atoms with E-state index in [2.05, 4.69) is 10.2 Å². The van der Waals surface area contributed by atoms with Gasteiger partial charge in [-0.1, -0.05) is 24.3 Å². The quantitative estimate of drug-likeness (QED) is 0.548. The third-order valence-corrected chi connectivity index (χ3v) is 9.32. The molecule has 0 spiro atoms. The molecule has 2 aliphatic rings. The van der Waals surface area contributed by atoms with E-state index in [0.29, 0.717) is 39.0 Å². The van der Waals surface area contributed by atoms with Crippen molar-refractivity contribution in [3.8, 4) is 0 Å². The summed E-state index contributed by atoms with van der Waals surface area (Å²) >= 11 is 1.14. The molecule has 4 rings (SSSR count). The SMILES string of the molecule is NC(=O)C1CCCN(CCCNC(=O)c2sccc2S(=O)(=O)N2CCc3ccccc3C2)C1. The molecule has 0 saturated carbocycles. The summed E-state index contributed by atoms with van der Waals surface area (Å²) in [5, 5.41) is 4.51. The Morgan fingerprint density at radius 2 is 1.94 bits per heavy atom. The standard InChI is InChI=1S/C23H30N4O4S2/c24-22(28)19-7-3-11-26(15-19)12-4-10-25-23(29)21-20(9-14-32-21)33(30,31)27-13-8-17-5-1-2-6-18(17)16-27/h1-2,5-6,9,14,19H,3-4,7-8,10-13,15-16H2,(H2,24,28)(H,25,29). The summed E-state index contributed by atoms with van der Waals surface area (Å²) in [6.07, 6.45) is 3.15. The van der Waals surface area contributed by atoms with Crippen molar-refractivity contribution in [3.63, 3.8) is 0 Å². The molecule has 0 aliphatic carbocycles. The van der Waals surface area contributed by atoms with Gasteiger partial charge in [0.15, 0.2) is 0 Å². The Labute approximate surface area is 198 Å². The minimum absolute atomic E-state index is 0.0738. The number of amides is 2. The number of rotatable bonds is 8.